The number of hydrogen-bond acceptors (Lipinski definition) is 3. The zero-order valence-corrected chi connectivity index (χ0v) is 14.0. The predicted octanol–water partition coefficient (Wildman–Crippen LogP) is 3.94. The van der Waals surface area contributed by atoms with E-state index in [4.69, 9.17) is 0 Å². The van der Waals surface area contributed by atoms with Crippen LogP contribution in [0.2, 0.25) is 0 Å². The molecule has 1 unspecified atom stereocenters. The van der Waals surface area contributed by atoms with Crippen molar-refractivity contribution in [3.8, 4) is 0 Å². The topological polar surface area (TPSA) is 32.3 Å². The molecule has 1 aliphatic rings. The number of nitrogens with one attached hydrogen (secondary N) is 1. The van der Waals surface area contributed by atoms with Crippen LogP contribution in [0.15, 0.2) is 30.3 Å². The standard InChI is InChI=1S/C18H29NOS/c1-2-19-18(15-20,16-9-5-3-6-10-16)13-14-21-17-11-7-4-8-12-17/h3,5-6,9-10,17,19-20H,2,4,7-8,11-15H2,1H3. The average molecular weight is 308 g/mol. The lowest BCUT2D eigenvalue weighted by atomic mass is 9.88. The van der Waals surface area contributed by atoms with Gasteiger partial charge < -0.3 is 10.4 Å². The van der Waals surface area contributed by atoms with E-state index in [9.17, 15) is 5.11 Å². The highest BCUT2D eigenvalue weighted by molar-refractivity contribution is 7.99. The molecule has 3 heteroatoms. The minimum absolute atomic E-state index is 0.163. The SMILES string of the molecule is CCNC(CO)(CCSC1CCCCC1)c1ccccc1. The Hall–Kier alpha value is -0.510. The van der Waals surface area contributed by atoms with E-state index in [2.05, 4.69) is 48.3 Å². The van der Waals surface area contributed by atoms with Crippen molar-refractivity contribution in [2.45, 2.75) is 56.2 Å². The highest BCUT2D eigenvalue weighted by Gasteiger charge is 2.30. The van der Waals surface area contributed by atoms with Gasteiger partial charge >= 0.3 is 0 Å². The lowest BCUT2D eigenvalue weighted by Gasteiger charge is -2.34. The van der Waals surface area contributed by atoms with Gasteiger partial charge in [-0.25, -0.2) is 0 Å². The number of likely N-dealkylation sites (N-methyl/N-ethyl adjacent to an activating group) is 1. The van der Waals surface area contributed by atoms with E-state index in [1.165, 1.54) is 37.7 Å². The van der Waals surface area contributed by atoms with E-state index >= 15 is 0 Å². The number of aliphatic hydroxyl groups excluding tert-OH is 1. The Labute approximate surface area is 133 Å². The Morgan fingerprint density at radius 2 is 1.90 bits per heavy atom. The fraction of sp³-hybridized carbons (Fsp3) is 0.667. The molecule has 0 radical (unpaired) electrons. The minimum Gasteiger partial charge on any atom is -0.394 e. The first-order valence-electron chi connectivity index (χ1n) is 8.34. The second-order valence-electron chi connectivity index (χ2n) is 6.02. The summed E-state index contributed by atoms with van der Waals surface area (Å²) in [4.78, 5) is 0. The van der Waals surface area contributed by atoms with Gasteiger partial charge in [-0.15, -0.1) is 0 Å². The second kappa shape index (κ2) is 8.82. The Kier molecular flexibility index (Phi) is 7.08. The van der Waals surface area contributed by atoms with Crippen LogP contribution in [-0.2, 0) is 5.54 Å². The van der Waals surface area contributed by atoms with E-state index < -0.39 is 0 Å². The highest BCUT2D eigenvalue weighted by Crippen LogP contribution is 2.32. The van der Waals surface area contributed by atoms with Gasteiger partial charge in [0.25, 0.3) is 0 Å². The molecule has 0 amide bonds. The molecule has 1 aromatic rings. The molecule has 1 saturated carbocycles. The van der Waals surface area contributed by atoms with Crippen molar-refractivity contribution in [2.24, 2.45) is 0 Å². The van der Waals surface area contributed by atoms with Crippen LogP contribution in [0.1, 0.15) is 51.0 Å². The predicted molar refractivity (Wildman–Crippen MR) is 92.8 cm³/mol. The molecule has 1 fully saturated rings. The average Bonchev–Trinajstić information content (AvgIpc) is 2.56. The van der Waals surface area contributed by atoms with Gasteiger partial charge in [-0.2, -0.15) is 11.8 Å². The Balaban J connectivity index is 1.95. The van der Waals surface area contributed by atoms with Crippen LogP contribution in [0.25, 0.3) is 0 Å². The summed E-state index contributed by atoms with van der Waals surface area (Å²) in [7, 11) is 0. The monoisotopic (exact) mass is 307 g/mol. The molecule has 1 aromatic carbocycles. The summed E-state index contributed by atoms with van der Waals surface area (Å²) in [5.74, 6) is 1.12. The molecule has 21 heavy (non-hydrogen) atoms. The van der Waals surface area contributed by atoms with E-state index in [0.717, 1.165) is 24.0 Å². The summed E-state index contributed by atoms with van der Waals surface area (Å²) in [5.41, 5.74) is 0.927. The van der Waals surface area contributed by atoms with E-state index in [1.807, 2.05) is 6.07 Å². The molecule has 0 aromatic heterocycles. The van der Waals surface area contributed by atoms with Crippen LogP contribution in [0.3, 0.4) is 0 Å². The molecule has 2 rings (SSSR count). The molecular weight excluding hydrogens is 278 g/mol. The van der Waals surface area contributed by atoms with Crippen LogP contribution in [-0.4, -0.2) is 29.3 Å². The van der Waals surface area contributed by atoms with Crippen LogP contribution in [0, 0.1) is 0 Å². The highest BCUT2D eigenvalue weighted by atomic mass is 32.2. The summed E-state index contributed by atoms with van der Waals surface area (Å²) in [6, 6.07) is 10.4. The third-order valence-corrected chi connectivity index (χ3v) is 5.93. The first-order chi connectivity index (χ1) is 10.3. The molecule has 2 nitrogen and oxygen atoms in total. The van der Waals surface area contributed by atoms with Gasteiger partial charge in [0.2, 0.25) is 0 Å². The van der Waals surface area contributed by atoms with Crippen molar-refractivity contribution >= 4 is 11.8 Å². The second-order valence-corrected chi connectivity index (χ2v) is 7.43. The van der Waals surface area contributed by atoms with Crippen molar-refractivity contribution < 1.29 is 5.11 Å². The molecule has 1 atom stereocenters. The summed E-state index contributed by atoms with van der Waals surface area (Å²) >= 11 is 2.11. The molecule has 0 aliphatic heterocycles. The van der Waals surface area contributed by atoms with E-state index in [0.29, 0.717) is 0 Å². The van der Waals surface area contributed by atoms with Gasteiger partial charge in [0.05, 0.1) is 12.1 Å². The molecule has 1 aliphatic carbocycles. The summed E-state index contributed by atoms with van der Waals surface area (Å²) in [5, 5.41) is 14.4. The Bertz CT molecular complexity index is 391. The fourth-order valence-corrected chi connectivity index (χ4v) is 4.75. The van der Waals surface area contributed by atoms with Crippen molar-refractivity contribution in [3.05, 3.63) is 35.9 Å². The number of rotatable bonds is 8. The van der Waals surface area contributed by atoms with Crippen molar-refractivity contribution in [1.29, 1.82) is 0 Å². The first-order valence-corrected chi connectivity index (χ1v) is 9.38. The van der Waals surface area contributed by atoms with Crippen LogP contribution < -0.4 is 5.32 Å². The number of aliphatic hydroxyl groups is 1. The maximum absolute atomic E-state index is 10.0. The van der Waals surface area contributed by atoms with E-state index in [-0.39, 0.29) is 12.1 Å². The van der Waals surface area contributed by atoms with Gasteiger partial charge in [-0.3, -0.25) is 0 Å². The Morgan fingerprint density at radius 3 is 2.52 bits per heavy atom. The van der Waals surface area contributed by atoms with Gasteiger partial charge in [0, 0.05) is 5.25 Å². The minimum atomic E-state index is -0.280. The zero-order chi connectivity index (χ0) is 15.0. The lowest BCUT2D eigenvalue weighted by Crippen LogP contribution is -2.46. The fourth-order valence-electron chi connectivity index (χ4n) is 3.29. The smallest absolute Gasteiger partial charge is 0.0676 e. The van der Waals surface area contributed by atoms with Gasteiger partial charge in [0.15, 0.2) is 0 Å². The van der Waals surface area contributed by atoms with Crippen molar-refractivity contribution in [2.75, 3.05) is 18.9 Å². The zero-order valence-electron chi connectivity index (χ0n) is 13.2. The summed E-state index contributed by atoms with van der Waals surface area (Å²) in [6.45, 7) is 3.15. The maximum Gasteiger partial charge on any atom is 0.0676 e. The third-order valence-electron chi connectivity index (χ3n) is 4.55. The third kappa shape index (κ3) is 4.73. The largest absolute Gasteiger partial charge is 0.394 e. The van der Waals surface area contributed by atoms with Gasteiger partial charge in [-0.05, 0) is 37.1 Å². The van der Waals surface area contributed by atoms with Gasteiger partial charge in [-0.1, -0.05) is 56.5 Å². The van der Waals surface area contributed by atoms with Crippen LogP contribution in [0.4, 0.5) is 0 Å². The van der Waals surface area contributed by atoms with Crippen LogP contribution in [0.5, 0.6) is 0 Å². The maximum atomic E-state index is 10.0. The first kappa shape index (κ1) is 16.9. The van der Waals surface area contributed by atoms with E-state index in [1.54, 1.807) is 0 Å². The van der Waals surface area contributed by atoms with Crippen molar-refractivity contribution in [1.82, 2.24) is 5.32 Å². The Morgan fingerprint density at radius 1 is 1.19 bits per heavy atom. The van der Waals surface area contributed by atoms with Crippen LogP contribution >= 0.6 is 11.8 Å². The van der Waals surface area contributed by atoms with Gasteiger partial charge in [0.1, 0.15) is 0 Å². The summed E-state index contributed by atoms with van der Waals surface area (Å²) in [6.07, 6.45) is 7.96. The normalized spacial score (nSPS) is 19.3. The number of hydrogen-bond donors (Lipinski definition) is 2. The summed E-state index contributed by atoms with van der Waals surface area (Å²) < 4.78 is 0. The lowest BCUT2D eigenvalue weighted by molar-refractivity contribution is 0.158. The molecular formula is C18H29NOS. The molecule has 0 bridgehead atoms. The molecule has 0 heterocycles. The van der Waals surface area contributed by atoms with Crippen molar-refractivity contribution in [3.63, 3.8) is 0 Å². The molecule has 0 saturated heterocycles. The molecule has 118 valence electrons. The number of thioether (sulfide) groups is 1. The quantitative estimate of drug-likeness (QED) is 0.763. The number of benzene rings is 1. The molecule has 0 spiro atoms. The molecule has 2 N–H and O–H groups in total.